The molecular weight excluding hydrogens is 567 g/mol. The number of azo groups is 1. The number of nitriles is 1. The molecule has 226 valence electrons. The largest absolute Gasteiger partial charge is 0.491 e. The van der Waals surface area contributed by atoms with Gasteiger partial charge in [-0.05, 0) is 36.8 Å². The van der Waals surface area contributed by atoms with E-state index in [9.17, 15) is 22.8 Å². The maximum atomic E-state index is 13.4. The summed E-state index contributed by atoms with van der Waals surface area (Å²) in [5.74, 6) is -2.37. The second kappa shape index (κ2) is 13.2. The molecule has 0 radical (unpaired) electrons. The van der Waals surface area contributed by atoms with E-state index in [1.807, 2.05) is 6.07 Å². The van der Waals surface area contributed by atoms with Crippen molar-refractivity contribution in [3.8, 4) is 11.8 Å². The van der Waals surface area contributed by atoms with Crippen molar-refractivity contribution < 1.29 is 32.2 Å². The monoisotopic (exact) mass is 597 g/mol. The summed E-state index contributed by atoms with van der Waals surface area (Å²) in [4.78, 5) is 34.6. The number of amides is 2. The maximum Gasteiger partial charge on any atom is 0.406 e. The molecule has 2 aromatic rings. The summed E-state index contributed by atoms with van der Waals surface area (Å²) in [6.45, 7) is 3.85. The Morgan fingerprint density at radius 1 is 1.07 bits per heavy atom. The van der Waals surface area contributed by atoms with Crippen LogP contribution in [0.15, 0.2) is 64.7 Å². The van der Waals surface area contributed by atoms with E-state index in [2.05, 4.69) is 26.2 Å². The van der Waals surface area contributed by atoms with Crippen molar-refractivity contribution in [3.05, 3.63) is 65.6 Å². The summed E-state index contributed by atoms with van der Waals surface area (Å²) >= 11 is 0. The molecule has 3 aliphatic rings. The highest BCUT2D eigenvalue weighted by Gasteiger charge is 2.50. The number of hydrogen-bond donors (Lipinski definition) is 0. The van der Waals surface area contributed by atoms with Gasteiger partial charge in [-0.1, -0.05) is 6.07 Å². The van der Waals surface area contributed by atoms with Gasteiger partial charge in [0.25, 0.3) is 11.8 Å². The van der Waals surface area contributed by atoms with Crippen molar-refractivity contribution in [2.75, 3.05) is 64.0 Å². The molecule has 14 heteroatoms. The Kier molecular flexibility index (Phi) is 9.20. The first-order chi connectivity index (χ1) is 20.7. The van der Waals surface area contributed by atoms with E-state index >= 15 is 0 Å². The normalized spacial score (nSPS) is 20.7. The molecule has 2 saturated heterocycles. The maximum absolute atomic E-state index is 13.4. The number of piperazine rings is 1. The standard InChI is InChI=1S/C29H30F3N7O4/c30-29(31,32)26-24(17-35-36-27(26)40)39-7-6-21(18-39)19-42-12-13-43-23-3-1-2-22(14-23)28(41)38-10-8-37(9-11-38)25-5-4-20(15-33)16-34-25/h1-5,14,16-17,21,26H,6-13,18-19H2/t21-,26?/m0/s1. The molecule has 0 aliphatic carbocycles. The number of alkyl halides is 3. The summed E-state index contributed by atoms with van der Waals surface area (Å²) in [7, 11) is 0. The molecule has 2 fully saturated rings. The topological polar surface area (TPSA) is 124 Å². The summed E-state index contributed by atoms with van der Waals surface area (Å²) < 4.78 is 51.7. The zero-order valence-corrected chi connectivity index (χ0v) is 23.2. The number of likely N-dealkylation sites (tertiary alicyclic amines) is 1. The Labute approximate surface area is 246 Å². The lowest BCUT2D eigenvalue weighted by Crippen LogP contribution is -2.49. The number of halogens is 3. The van der Waals surface area contributed by atoms with E-state index in [-0.39, 0.29) is 30.7 Å². The number of aromatic nitrogens is 1. The first kappa shape index (κ1) is 30.0. The fourth-order valence-corrected chi connectivity index (χ4v) is 5.33. The smallest absolute Gasteiger partial charge is 0.406 e. The van der Waals surface area contributed by atoms with Crippen LogP contribution in [0, 0.1) is 23.2 Å². The highest BCUT2D eigenvalue weighted by Crippen LogP contribution is 2.38. The second-order valence-electron chi connectivity index (χ2n) is 10.4. The number of nitrogens with zero attached hydrogens (tertiary/aromatic N) is 7. The Balaban J connectivity index is 1.03. The molecule has 5 rings (SSSR count). The van der Waals surface area contributed by atoms with E-state index in [1.165, 1.54) is 11.1 Å². The molecule has 1 aromatic carbocycles. The summed E-state index contributed by atoms with van der Waals surface area (Å²) in [6.07, 6.45) is -1.55. The van der Waals surface area contributed by atoms with Crippen LogP contribution in [0.1, 0.15) is 22.3 Å². The molecule has 1 aromatic heterocycles. The Morgan fingerprint density at radius 3 is 2.60 bits per heavy atom. The Morgan fingerprint density at radius 2 is 1.88 bits per heavy atom. The quantitative estimate of drug-likeness (QED) is 0.402. The van der Waals surface area contributed by atoms with Crippen molar-refractivity contribution in [3.63, 3.8) is 0 Å². The fourth-order valence-electron chi connectivity index (χ4n) is 5.33. The predicted octanol–water partition coefficient (Wildman–Crippen LogP) is 3.65. The van der Waals surface area contributed by atoms with E-state index in [0.29, 0.717) is 69.2 Å². The zero-order chi connectivity index (χ0) is 30.4. The molecule has 11 nitrogen and oxygen atoms in total. The number of carbonyl (C=O) groups is 2. The fraction of sp³-hybridized carbons (Fsp3) is 0.448. The average molecular weight is 598 g/mol. The third-order valence-corrected chi connectivity index (χ3v) is 7.57. The molecule has 2 atom stereocenters. The SMILES string of the molecule is N#Cc1ccc(N2CCN(C(=O)c3cccc(OCCOC[C@H]4CCN(C5=CN=NC(=O)C5C(F)(F)F)C4)c3)CC2)nc1. The number of hydrogen-bond acceptors (Lipinski definition) is 9. The van der Waals surface area contributed by atoms with Crippen LogP contribution in [-0.4, -0.2) is 91.9 Å². The molecule has 43 heavy (non-hydrogen) atoms. The summed E-state index contributed by atoms with van der Waals surface area (Å²) in [6, 6.07) is 12.5. The number of rotatable bonds is 9. The number of ether oxygens (including phenoxy) is 2. The molecule has 1 unspecified atom stereocenters. The van der Waals surface area contributed by atoms with E-state index in [1.54, 1.807) is 35.2 Å². The molecule has 0 N–H and O–H groups in total. The molecule has 0 saturated carbocycles. The van der Waals surface area contributed by atoms with Gasteiger partial charge in [0.2, 0.25) is 0 Å². The molecular formula is C29H30F3N7O4. The highest BCUT2D eigenvalue weighted by molar-refractivity contribution is 5.94. The van der Waals surface area contributed by atoms with Crippen LogP contribution < -0.4 is 9.64 Å². The molecule has 0 spiro atoms. The van der Waals surface area contributed by atoms with Crippen molar-refractivity contribution in [2.24, 2.45) is 22.1 Å². The number of carbonyl (C=O) groups excluding carboxylic acids is 2. The minimum absolute atomic E-state index is 0.00198. The van der Waals surface area contributed by atoms with Crippen molar-refractivity contribution >= 4 is 17.6 Å². The van der Waals surface area contributed by atoms with Crippen LogP contribution in [0.5, 0.6) is 5.75 Å². The Hall–Kier alpha value is -4.51. The van der Waals surface area contributed by atoms with Crippen LogP contribution in [0.2, 0.25) is 0 Å². The van der Waals surface area contributed by atoms with Gasteiger partial charge in [-0.25, -0.2) is 4.98 Å². The minimum atomic E-state index is -4.73. The molecule has 0 bridgehead atoms. The first-order valence-corrected chi connectivity index (χ1v) is 13.9. The van der Waals surface area contributed by atoms with Gasteiger partial charge < -0.3 is 24.2 Å². The summed E-state index contributed by atoms with van der Waals surface area (Å²) in [5, 5.41) is 15.4. The lowest BCUT2D eigenvalue weighted by atomic mass is 10.0. The molecule has 2 amide bonds. The molecule has 4 heterocycles. The lowest BCUT2D eigenvalue weighted by molar-refractivity contribution is -0.176. The highest BCUT2D eigenvalue weighted by atomic mass is 19.4. The van der Waals surface area contributed by atoms with Crippen molar-refractivity contribution in [1.29, 1.82) is 5.26 Å². The number of pyridine rings is 1. The van der Waals surface area contributed by atoms with Crippen molar-refractivity contribution in [2.45, 2.75) is 12.6 Å². The van der Waals surface area contributed by atoms with Crippen LogP contribution in [-0.2, 0) is 9.53 Å². The van der Waals surface area contributed by atoms with Gasteiger partial charge in [-0.3, -0.25) is 9.59 Å². The van der Waals surface area contributed by atoms with E-state index in [4.69, 9.17) is 14.7 Å². The van der Waals surface area contributed by atoms with Crippen LogP contribution in [0.3, 0.4) is 0 Å². The molecule has 3 aliphatic heterocycles. The second-order valence-corrected chi connectivity index (χ2v) is 10.4. The van der Waals surface area contributed by atoms with Gasteiger partial charge in [0.05, 0.1) is 30.7 Å². The van der Waals surface area contributed by atoms with Crippen molar-refractivity contribution in [1.82, 2.24) is 14.8 Å². The summed E-state index contributed by atoms with van der Waals surface area (Å²) in [5.41, 5.74) is 0.846. The van der Waals surface area contributed by atoms with Gasteiger partial charge in [0.15, 0.2) is 5.92 Å². The van der Waals surface area contributed by atoms with Gasteiger partial charge in [0.1, 0.15) is 24.2 Å². The first-order valence-electron chi connectivity index (χ1n) is 13.9. The van der Waals surface area contributed by atoms with Gasteiger partial charge in [0, 0.05) is 56.9 Å². The number of anilines is 1. The van der Waals surface area contributed by atoms with Crippen LogP contribution in [0.4, 0.5) is 19.0 Å². The predicted molar refractivity (Wildman–Crippen MR) is 147 cm³/mol. The third kappa shape index (κ3) is 7.29. The van der Waals surface area contributed by atoms with Crippen LogP contribution in [0.25, 0.3) is 0 Å². The lowest BCUT2D eigenvalue weighted by Gasteiger charge is -2.35. The Bertz CT molecular complexity index is 1420. The van der Waals surface area contributed by atoms with E-state index in [0.717, 1.165) is 12.0 Å². The van der Waals surface area contributed by atoms with E-state index < -0.39 is 18.0 Å². The van der Waals surface area contributed by atoms with Crippen LogP contribution >= 0.6 is 0 Å². The average Bonchev–Trinajstić information content (AvgIpc) is 3.49. The van der Waals surface area contributed by atoms with Gasteiger partial charge in [-0.2, -0.15) is 23.5 Å². The van der Waals surface area contributed by atoms with Gasteiger partial charge in [-0.15, -0.1) is 5.11 Å². The third-order valence-electron chi connectivity index (χ3n) is 7.57. The minimum Gasteiger partial charge on any atom is -0.491 e. The zero-order valence-electron chi connectivity index (χ0n) is 23.2. The van der Waals surface area contributed by atoms with Gasteiger partial charge >= 0.3 is 6.18 Å². The number of benzene rings is 1.